The second-order valence-corrected chi connectivity index (χ2v) is 9.95. The lowest BCUT2D eigenvalue weighted by Crippen LogP contribution is -2.58. The van der Waals surface area contributed by atoms with Crippen LogP contribution in [0.4, 0.5) is 0 Å². The number of hydrogen-bond acceptors (Lipinski definition) is 5. The van der Waals surface area contributed by atoms with E-state index in [-0.39, 0.29) is 23.9 Å². The third-order valence-corrected chi connectivity index (χ3v) is 7.71. The van der Waals surface area contributed by atoms with E-state index in [9.17, 15) is 24.6 Å². The van der Waals surface area contributed by atoms with E-state index < -0.39 is 47.5 Å². The first-order valence-corrected chi connectivity index (χ1v) is 11.6. The molecule has 2 bridgehead atoms. The highest BCUT2D eigenvalue weighted by Gasteiger charge is 2.77. The van der Waals surface area contributed by atoms with Crippen LogP contribution in [0, 0.1) is 11.8 Å². The SMILES string of the molecule is C=CCN(Cc1ccccc1)C(=O)[C@H]1N([C@H](C)CO)C(=O)[C@@H]2[C@@H](C(=O)O)[C@@H]3O[C@@]21CC3Br. The van der Waals surface area contributed by atoms with Gasteiger partial charge in [-0.3, -0.25) is 14.4 Å². The Bertz CT molecular complexity index is 926. The number of carbonyl (C=O) groups excluding carboxylic acids is 2. The summed E-state index contributed by atoms with van der Waals surface area (Å²) in [5, 5.41) is 19.7. The Morgan fingerprint density at radius 3 is 2.69 bits per heavy atom. The Balaban J connectivity index is 1.76. The van der Waals surface area contributed by atoms with E-state index in [0.29, 0.717) is 13.0 Å². The van der Waals surface area contributed by atoms with Crippen molar-refractivity contribution in [3.63, 3.8) is 0 Å². The number of nitrogens with zero attached hydrogens (tertiary/aromatic N) is 2. The minimum absolute atomic E-state index is 0.254. The minimum Gasteiger partial charge on any atom is -0.481 e. The molecule has 3 aliphatic heterocycles. The number of aliphatic hydroxyl groups is 1. The van der Waals surface area contributed by atoms with Crippen LogP contribution < -0.4 is 0 Å². The number of hydrogen-bond donors (Lipinski definition) is 2. The van der Waals surface area contributed by atoms with Crippen LogP contribution in [0.15, 0.2) is 43.0 Å². The number of ether oxygens (including phenoxy) is 1. The zero-order chi connectivity index (χ0) is 23.2. The summed E-state index contributed by atoms with van der Waals surface area (Å²) in [5.74, 6) is -3.91. The Morgan fingerprint density at radius 2 is 2.09 bits per heavy atom. The van der Waals surface area contributed by atoms with Gasteiger partial charge < -0.3 is 24.7 Å². The van der Waals surface area contributed by atoms with Gasteiger partial charge in [0, 0.05) is 17.9 Å². The molecule has 0 aromatic heterocycles. The quantitative estimate of drug-likeness (QED) is 0.407. The van der Waals surface area contributed by atoms with Gasteiger partial charge in [-0.1, -0.05) is 52.3 Å². The van der Waals surface area contributed by atoms with Gasteiger partial charge in [-0.25, -0.2) is 0 Å². The van der Waals surface area contributed by atoms with E-state index in [2.05, 4.69) is 22.5 Å². The summed E-state index contributed by atoms with van der Waals surface area (Å²) in [6.07, 6.45) is 1.27. The lowest BCUT2D eigenvalue weighted by molar-refractivity contribution is -0.153. The maximum atomic E-state index is 14.0. The fraction of sp³-hybridized carbons (Fsp3) is 0.522. The average Bonchev–Trinajstić information content (AvgIpc) is 3.36. The van der Waals surface area contributed by atoms with E-state index in [1.54, 1.807) is 17.9 Å². The molecule has 4 rings (SSSR count). The molecule has 3 fully saturated rings. The highest BCUT2D eigenvalue weighted by atomic mass is 79.9. The molecule has 1 aromatic rings. The molecule has 2 amide bonds. The topological polar surface area (TPSA) is 107 Å². The van der Waals surface area contributed by atoms with Crippen molar-refractivity contribution in [2.75, 3.05) is 13.2 Å². The fourth-order valence-corrected chi connectivity index (χ4v) is 6.50. The maximum Gasteiger partial charge on any atom is 0.310 e. The second kappa shape index (κ2) is 8.61. The van der Waals surface area contributed by atoms with Gasteiger partial charge in [0.15, 0.2) is 0 Å². The maximum absolute atomic E-state index is 14.0. The first kappa shape index (κ1) is 22.9. The number of amides is 2. The number of carboxylic acids is 1. The lowest BCUT2D eigenvalue weighted by atomic mass is 9.70. The number of likely N-dealkylation sites (tertiary alicyclic amines) is 1. The summed E-state index contributed by atoms with van der Waals surface area (Å²) in [4.78, 5) is 42.3. The van der Waals surface area contributed by atoms with Crippen LogP contribution in [0.25, 0.3) is 0 Å². The Labute approximate surface area is 195 Å². The zero-order valence-corrected chi connectivity index (χ0v) is 19.3. The summed E-state index contributed by atoms with van der Waals surface area (Å²) in [6, 6.07) is 7.78. The molecule has 0 radical (unpaired) electrons. The summed E-state index contributed by atoms with van der Waals surface area (Å²) in [5.41, 5.74) is -0.337. The molecule has 3 heterocycles. The van der Waals surface area contributed by atoms with Crippen molar-refractivity contribution in [3.05, 3.63) is 48.6 Å². The first-order valence-electron chi connectivity index (χ1n) is 10.7. The van der Waals surface area contributed by atoms with Gasteiger partial charge in [0.2, 0.25) is 11.8 Å². The summed E-state index contributed by atoms with van der Waals surface area (Å²) >= 11 is 3.52. The Hall–Kier alpha value is -2.23. The standard InChI is InChI=1S/C23H27BrN2O6/c1-3-9-25(11-14-7-5-4-6-8-14)21(29)19-23-10-15(24)18(32-23)16(22(30)31)17(23)20(28)26(19)13(2)12-27/h3-8,13,15-19,27H,1,9-12H2,2H3,(H,30,31)/t13-,15?,16-,17+,18-,19-,23+/m1/s1. The molecular weight excluding hydrogens is 480 g/mol. The van der Waals surface area contributed by atoms with Gasteiger partial charge in [-0.05, 0) is 18.9 Å². The average molecular weight is 507 g/mol. The molecule has 3 aliphatic rings. The number of aliphatic carboxylic acids is 1. The smallest absolute Gasteiger partial charge is 0.310 e. The van der Waals surface area contributed by atoms with Gasteiger partial charge in [-0.15, -0.1) is 6.58 Å². The third kappa shape index (κ3) is 3.38. The molecule has 1 aromatic carbocycles. The van der Waals surface area contributed by atoms with Crippen LogP contribution in [-0.4, -0.2) is 79.6 Å². The highest BCUT2D eigenvalue weighted by molar-refractivity contribution is 9.09. The second-order valence-electron chi connectivity index (χ2n) is 8.77. The van der Waals surface area contributed by atoms with Crippen molar-refractivity contribution in [2.24, 2.45) is 11.8 Å². The van der Waals surface area contributed by atoms with Crippen molar-refractivity contribution in [1.82, 2.24) is 9.80 Å². The van der Waals surface area contributed by atoms with E-state index in [0.717, 1.165) is 5.56 Å². The Morgan fingerprint density at radius 1 is 1.41 bits per heavy atom. The molecule has 7 atom stereocenters. The van der Waals surface area contributed by atoms with E-state index >= 15 is 0 Å². The number of alkyl halides is 1. The zero-order valence-electron chi connectivity index (χ0n) is 17.8. The number of carboxylic acid groups (broad SMARTS) is 1. The molecule has 32 heavy (non-hydrogen) atoms. The van der Waals surface area contributed by atoms with Gasteiger partial charge in [0.1, 0.15) is 11.6 Å². The predicted molar refractivity (Wildman–Crippen MR) is 119 cm³/mol. The number of fused-ring (bicyclic) bond motifs is 1. The van der Waals surface area contributed by atoms with E-state index in [1.165, 1.54) is 4.90 Å². The Kier molecular flexibility index (Phi) is 6.17. The van der Waals surface area contributed by atoms with Crippen LogP contribution >= 0.6 is 15.9 Å². The largest absolute Gasteiger partial charge is 0.481 e. The molecule has 172 valence electrons. The molecule has 0 saturated carbocycles. The minimum atomic E-state index is -1.25. The van der Waals surface area contributed by atoms with E-state index in [1.807, 2.05) is 30.3 Å². The van der Waals surface area contributed by atoms with Crippen molar-refractivity contribution in [3.8, 4) is 0 Å². The van der Waals surface area contributed by atoms with Crippen LogP contribution in [0.3, 0.4) is 0 Å². The van der Waals surface area contributed by atoms with Crippen LogP contribution in [0.2, 0.25) is 0 Å². The molecule has 3 saturated heterocycles. The summed E-state index contributed by atoms with van der Waals surface area (Å²) in [6.45, 7) is 5.63. The normalized spacial score (nSPS) is 33.8. The van der Waals surface area contributed by atoms with Crippen molar-refractivity contribution in [1.29, 1.82) is 0 Å². The molecule has 9 heteroatoms. The van der Waals surface area contributed by atoms with Crippen molar-refractivity contribution in [2.45, 2.75) is 48.5 Å². The van der Waals surface area contributed by atoms with Gasteiger partial charge in [0.25, 0.3) is 0 Å². The summed E-state index contributed by atoms with van der Waals surface area (Å²) in [7, 11) is 0. The number of benzene rings is 1. The van der Waals surface area contributed by atoms with Crippen LogP contribution in [-0.2, 0) is 25.7 Å². The van der Waals surface area contributed by atoms with Crippen molar-refractivity contribution >= 4 is 33.7 Å². The highest BCUT2D eigenvalue weighted by Crippen LogP contribution is 2.60. The first-order chi connectivity index (χ1) is 15.3. The molecular formula is C23H27BrN2O6. The van der Waals surface area contributed by atoms with Crippen LogP contribution in [0.1, 0.15) is 18.9 Å². The van der Waals surface area contributed by atoms with E-state index in [4.69, 9.17) is 4.74 Å². The summed E-state index contributed by atoms with van der Waals surface area (Å²) < 4.78 is 6.23. The monoisotopic (exact) mass is 506 g/mol. The number of halogens is 1. The number of rotatable bonds is 8. The number of aliphatic hydroxyl groups excluding tert-OH is 1. The van der Waals surface area contributed by atoms with Crippen LogP contribution in [0.5, 0.6) is 0 Å². The van der Waals surface area contributed by atoms with Gasteiger partial charge in [-0.2, -0.15) is 0 Å². The molecule has 1 spiro atoms. The molecule has 8 nitrogen and oxygen atoms in total. The number of carbonyl (C=O) groups is 3. The molecule has 1 unspecified atom stereocenters. The molecule has 0 aliphatic carbocycles. The fourth-order valence-electron chi connectivity index (χ4n) is 5.56. The predicted octanol–water partition coefficient (Wildman–Crippen LogP) is 1.41. The van der Waals surface area contributed by atoms with Gasteiger partial charge in [0.05, 0.1) is 30.6 Å². The molecule has 2 N–H and O–H groups in total. The van der Waals surface area contributed by atoms with Crippen molar-refractivity contribution < 1.29 is 29.3 Å². The van der Waals surface area contributed by atoms with Gasteiger partial charge >= 0.3 is 5.97 Å². The third-order valence-electron chi connectivity index (χ3n) is 6.86. The lowest BCUT2D eigenvalue weighted by Gasteiger charge is -2.38.